The molecule has 4 atom stereocenters. The monoisotopic (exact) mass is 758 g/mol. The predicted molar refractivity (Wildman–Crippen MR) is 195 cm³/mol. The molecule has 2 amide bonds. The number of amides is 2. The third-order valence-electron chi connectivity index (χ3n) is 10.2. The summed E-state index contributed by atoms with van der Waals surface area (Å²) in [5.41, 5.74) is 3.74. The van der Waals surface area contributed by atoms with Crippen LogP contribution in [0.3, 0.4) is 0 Å². The predicted octanol–water partition coefficient (Wildman–Crippen LogP) is 6.52. The van der Waals surface area contributed by atoms with Crippen molar-refractivity contribution in [3.05, 3.63) is 106 Å². The number of aliphatic hydroxyl groups excluding tert-OH is 1. The SMILES string of the molecule is C[C@@H]1[C@@H]([Si](C)(C)F)[C@H](CCn2cc(CCO)nn2)O[C@@]12C(=O)N(Cc1ccc(N3N=C(c4ccccc4)CCC3=O)cc1)c1ccc(Br)cc12. The zero-order chi connectivity index (χ0) is 35.2. The molecular formula is C37H40BrFN6O4Si. The molecule has 4 heterocycles. The maximum absolute atomic E-state index is 16.3. The first-order valence-corrected chi connectivity index (χ1v) is 20.8. The van der Waals surface area contributed by atoms with Gasteiger partial charge in [-0.05, 0) is 61.0 Å². The normalized spacial score (nSPS) is 23.6. The Bertz CT molecular complexity index is 1930. The minimum Gasteiger partial charge on any atom is -0.396 e. The number of aliphatic hydroxyl groups is 1. The van der Waals surface area contributed by atoms with Gasteiger partial charge in [0.15, 0.2) is 5.60 Å². The van der Waals surface area contributed by atoms with E-state index >= 15 is 4.11 Å². The lowest BCUT2D eigenvalue weighted by molar-refractivity contribution is -0.146. The van der Waals surface area contributed by atoms with E-state index in [1.165, 1.54) is 5.01 Å². The van der Waals surface area contributed by atoms with Crippen molar-refractivity contribution in [3.63, 3.8) is 0 Å². The van der Waals surface area contributed by atoms with Crippen LogP contribution in [-0.4, -0.2) is 58.7 Å². The zero-order valence-corrected chi connectivity index (χ0v) is 30.9. The van der Waals surface area contributed by atoms with Crippen LogP contribution in [-0.2, 0) is 39.4 Å². The molecule has 1 fully saturated rings. The van der Waals surface area contributed by atoms with E-state index < -0.39 is 31.6 Å². The Hall–Kier alpha value is -4.04. The molecule has 13 heteroatoms. The number of ether oxygens (including phenoxy) is 1. The van der Waals surface area contributed by atoms with E-state index in [1.807, 2.05) is 79.7 Å². The van der Waals surface area contributed by atoms with E-state index in [1.54, 1.807) is 28.9 Å². The van der Waals surface area contributed by atoms with E-state index in [0.717, 1.165) is 32.6 Å². The number of fused-ring (bicyclic) bond motifs is 2. The summed E-state index contributed by atoms with van der Waals surface area (Å²) < 4.78 is 25.6. The molecule has 3 aliphatic heterocycles. The topological polar surface area (TPSA) is 113 Å². The van der Waals surface area contributed by atoms with Gasteiger partial charge in [-0.25, -0.2) is 5.01 Å². The molecule has 0 saturated carbocycles. The van der Waals surface area contributed by atoms with E-state index in [2.05, 4.69) is 31.3 Å². The van der Waals surface area contributed by atoms with Crippen LogP contribution in [0.1, 0.15) is 48.6 Å². The van der Waals surface area contributed by atoms with Gasteiger partial charge in [-0.15, -0.1) is 5.10 Å². The molecule has 10 nitrogen and oxygen atoms in total. The Morgan fingerprint density at radius 2 is 1.82 bits per heavy atom. The highest BCUT2D eigenvalue weighted by atomic mass is 79.9. The highest BCUT2D eigenvalue weighted by Gasteiger charge is 2.66. The second kappa shape index (κ2) is 13.6. The summed E-state index contributed by atoms with van der Waals surface area (Å²) >= 11 is 3.61. The van der Waals surface area contributed by atoms with E-state index in [0.29, 0.717) is 43.6 Å². The quantitative estimate of drug-likeness (QED) is 0.146. The van der Waals surface area contributed by atoms with Crippen LogP contribution in [0.25, 0.3) is 0 Å². The molecule has 1 saturated heterocycles. The highest BCUT2D eigenvalue weighted by molar-refractivity contribution is 9.10. The first-order valence-electron chi connectivity index (χ1n) is 17.0. The summed E-state index contributed by atoms with van der Waals surface area (Å²) in [6.45, 7) is 6.04. The van der Waals surface area contributed by atoms with Crippen LogP contribution < -0.4 is 9.91 Å². The number of carbonyl (C=O) groups excluding carboxylic acids is 2. The maximum Gasteiger partial charge on any atom is 0.264 e. The van der Waals surface area contributed by atoms with Gasteiger partial charge < -0.3 is 18.9 Å². The molecule has 0 radical (unpaired) electrons. The summed E-state index contributed by atoms with van der Waals surface area (Å²) in [5.74, 6) is -0.698. The van der Waals surface area contributed by atoms with Gasteiger partial charge in [0.05, 0.1) is 35.4 Å². The second-order valence-corrected chi connectivity index (χ2v) is 18.6. The van der Waals surface area contributed by atoms with Crippen molar-refractivity contribution < 1.29 is 23.5 Å². The van der Waals surface area contributed by atoms with Crippen LogP contribution in [0, 0.1) is 5.92 Å². The molecule has 50 heavy (non-hydrogen) atoms. The Morgan fingerprint density at radius 1 is 1.06 bits per heavy atom. The average molecular weight is 760 g/mol. The first-order chi connectivity index (χ1) is 24.0. The zero-order valence-electron chi connectivity index (χ0n) is 28.3. The molecule has 0 aliphatic carbocycles. The number of nitrogens with zero attached hydrogens (tertiary/aromatic N) is 6. The van der Waals surface area contributed by atoms with Crippen molar-refractivity contribution in [2.75, 3.05) is 16.5 Å². The molecule has 3 aliphatic rings. The van der Waals surface area contributed by atoms with Crippen molar-refractivity contribution in [3.8, 4) is 0 Å². The highest BCUT2D eigenvalue weighted by Crippen LogP contribution is 2.60. The van der Waals surface area contributed by atoms with Gasteiger partial charge in [0.2, 0.25) is 14.3 Å². The molecule has 1 aromatic heterocycles. The fourth-order valence-corrected chi connectivity index (χ4v) is 10.8. The summed E-state index contributed by atoms with van der Waals surface area (Å²) in [6, 6.07) is 23.2. The number of aromatic nitrogens is 3. The summed E-state index contributed by atoms with van der Waals surface area (Å²) in [5, 5.41) is 23.7. The average Bonchev–Trinajstić information content (AvgIpc) is 3.74. The Balaban J connectivity index is 1.16. The number of hydrogen-bond acceptors (Lipinski definition) is 7. The summed E-state index contributed by atoms with van der Waals surface area (Å²) in [4.78, 5) is 29.4. The van der Waals surface area contributed by atoms with Crippen LogP contribution in [0.5, 0.6) is 0 Å². The number of anilines is 2. The fourth-order valence-electron chi connectivity index (χ4n) is 7.90. The maximum atomic E-state index is 16.3. The smallest absolute Gasteiger partial charge is 0.264 e. The molecular weight excluding hydrogens is 719 g/mol. The van der Waals surface area contributed by atoms with E-state index in [-0.39, 0.29) is 25.0 Å². The molecule has 1 spiro atoms. The molecule has 260 valence electrons. The third kappa shape index (κ3) is 6.25. The number of hydrogen-bond donors (Lipinski definition) is 1. The summed E-state index contributed by atoms with van der Waals surface area (Å²) in [7, 11) is -3.33. The Morgan fingerprint density at radius 3 is 2.54 bits per heavy atom. The van der Waals surface area contributed by atoms with Crippen LogP contribution >= 0.6 is 15.9 Å². The number of carbonyl (C=O) groups is 2. The van der Waals surface area contributed by atoms with Gasteiger partial charge >= 0.3 is 0 Å². The van der Waals surface area contributed by atoms with Gasteiger partial charge in [0.25, 0.3) is 5.91 Å². The number of benzene rings is 3. The third-order valence-corrected chi connectivity index (χ3v) is 13.1. The van der Waals surface area contributed by atoms with Gasteiger partial charge in [0, 0.05) is 60.1 Å². The molecule has 4 aromatic rings. The largest absolute Gasteiger partial charge is 0.396 e. The minimum absolute atomic E-state index is 0.0197. The van der Waals surface area contributed by atoms with Crippen molar-refractivity contribution in [2.45, 2.75) is 76.0 Å². The molecule has 7 rings (SSSR count). The molecule has 3 aromatic carbocycles. The minimum atomic E-state index is -3.33. The van der Waals surface area contributed by atoms with Crippen LogP contribution in [0.4, 0.5) is 15.5 Å². The van der Waals surface area contributed by atoms with Crippen LogP contribution in [0.15, 0.2) is 88.6 Å². The lowest BCUT2D eigenvalue weighted by Gasteiger charge is -2.31. The Labute approximate surface area is 300 Å². The van der Waals surface area contributed by atoms with Gasteiger partial charge in [-0.1, -0.05) is 70.5 Å². The molecule has 1 N–H and O–H groups in total. The number of rotatable bonds is 10. The van der Waals surface area contributed by atoms with Crippen molar-refractivity contribution in [1.82, 2.24) is 15.0 Å². The van der Waals surface area contributed by atoms with Crippen LogP contribution in [0.2, 0.25) is 18.6 Å². The van der Waals surface area contributed by atoms with E-state index in [9.17, 15) is 14.7 Å². The fraction of sp³-hybridized carbons (Fsp3) is 0.378. The van der Waals surface area contributed by atoms with Gasteiger partial charge in [-0.2, -0.15) is 5.10 Å². The van der Waals surface area contributed by atoms with Crippen molar-refractivity contribution in [1.29, 1.82) is 0 Å². The molecule has 0 unspecified atom stereocenters. The first kappa shape index (κ1) is 34.4. The number of hydrazone groups is 1. The van der Waals surface area contributed by atoms with Gasteiger partial charge in [0.1, 0.15) is 0 Å². The number of aryl methyl sites for hydroxylation is 1. The second-order valence-electron chi connectivity index (χ2n) is 13.8. The number of halogens is 2. The van der Waals surface area contributed by atoms with Crippen molar-refractivity contribution in [2.24, 2.45) is 11.0 Å². The standard InChI is InChI=1S/C37H40BrFN6O4Si/c1-24-35(50(2,3)39)33(17-19-43-23-28(18-20-46)40-42-43)49-37(24)30-21-27(38)11-15-32(30)44(36(37)48)22-25-9-12-29(13-10-25)45-34(47)16-14-31(41-45)26-7-5-4-6-8-26/h4-13,15,21,23-24,33,35,46H,14,16-20,22H2,1-3H3/t24-,33+,35-,37+/m1/s1. The Kier molecular flexibility index (Phi) is 9.35. The molecule has 0 bridgehead atoms. The lowest BCUT2D eigenvalue weighted by Crippen LogP contribution is -2.45. The van der Waals surface area contributed by atoms with Gasteiger partial charge in [-0.3, -0.25) is 14.3 Å². The lowest BCUT2D eigenvalue weighted by atomic mass is 9.82. The van der Waals surface area contributed by atoms with Crippen molar-refractivity contribution >= 4 is 53.2 Å². The summed E-state index contributed by atoms with van der Waals surface area (Å²) in [6.07, 6.45) is 3.09. The van der Waals surface area contributed by atoms with E-state index in [4.69, 9.17) is 4.74 Å².